The smallest absolute Gasteiger partial charge is 0.254 e. The maximum Gasteiger partial charge on any atom is 0.254 e. The van der Waals surface area contributed by atoms with Crippen molar-refractivity contribution in [2.24, 2.45) is 0 Å². The Kier molecular flexibility index (Phi) is 5.79. The van der Waals surface area contributed by atoms with Crippen LogP contribution in [0.1, 0.15) is 30.6 Å². The maximum atomic E-state index is 12.6. The molecule has 1 aromatic carbocycles. The van der Waals surface area contributed by atoms with E-state index in [2.05, 4.69) is 11.0 Å². The lowest BCUT2D eigenvalue weighted by Crippen LogP contribution is -2.48. The van der Waals surface area contributed by atoms with Gasteiger partial charge in [0.2, 0.25) is 0 Å². The average Bonchev–Trinajstić information content (AvgIpc) is 2.52. The number of hydrogen-bond acceptors (Lipinski definition) is 4. The summed E-state index contributed by atoms with van der Waals surface area (Å²) < 4.78 is 5.64. The molecule has 0 aromatic heterocycles. The Balaban J connectivity index is 1.94. The highest BCUT2D eigenvalue weighted by molar-refractivity contribution is 5.94. The van der Waals surface area contributed by atoms with Crippen molar-refractivity contribution >= 4 is 5.91 Å². The highest BCUT2D eigenvalue weighted by Crippen LogP contribution is 2.17. The average molecular weight is 301 g/mol. The molecule has 0 radical (unpaired) electrons. The number of benzene rings is 1. The topological polar surface area (TPSA) is 56.6 Å². The summed E-state index contributed by atoms with van der Waals surface area (Å²) in [5.41, 5.74) is 0.670. The zero-order chi connectivity index (χ0) is 15.9. The van der Waals surface area contributed by atoms with Gasteiger partial charge in [-0.1, -0.05) is 6.07 Å². The van der Waals surface area contributed by atoms with Crippen LogP contribution in [0.15, 0.2) is 24.3 Å². The van der Waals surface area contributed by atoms with E-state index >= 15 is 0 Å². The highest BCUT2D eigenvalue weighted by Gasteiger charge is 2.22. The van der Waals surface area contributed by atoms with Crippen LogP contribution < -0.4 is 4.74 Å². The van der Waals surface area contributed by atoms with Gasteiger partial charge >= 0.3 is 0 Å². The number of amides is 1. The monoisotopic (exact) mass is 301 g/mol. The zero-order valence-electron chi connectivity index (χ0n) is 13.3. The van der Waals surface area contributed by atoms with Gasteiger partial charge in [-0.3, -0.25) is 9.69 Å². The molecule has 1 aliphatic heterocycles. The van der Waals surface area contributed by atoms with Gasteiger partial charge in [-0.05, 0) is 32.0 Å². The first-order valence-electron chi connectivity index (χ1n) is 7.75. The van der Waals surface area contributed by atoms with Crippen LogP contribution in [0.5, 0.6) is 5.75 Å². The molecule has 5 nitrogen and oxygen atoms in total. The second-order valence-corrected chi connectivity index (χ2v) is 5.74. The van der Waals surface area contributed by atoms with Gasteiger partial charge in [-0.2, -0.15) is 5.26 Å². The lowest BCUT2D eigenvalue weighted by molar-refractivity contribution is 0.0639. The first kappa shape index (κ1) is 16.3. The van der Waals surface area contributed by atoms with Crippen LogP contribution in [0.25, 0.3) is 0 Å². The third-order valence-corrected chi connectivity index (χ3v) is 3.65. The second-order valence-electron chi connectivity index (χ2n) is 5.74. The van der Waals surface area contributed by atoms with E-state index in [9.17, 15) is 4.79 Å². The van der Waals surface area contributed by atoms with Gasteiger partial charge in [0.1, 0.15) is 5.75 Å². The molecule has 0 atom stereocenters. The molecule has 118 valence electrons. The lowest BCUT2D eigenvalue weighted by atomic mass is 10.1. The molecule has 1 fully saturated rings. The van der Waals surface area contributed by atoms with Gasteiger partial charge in [0.15, 0.2) is 0 Å². The van der Waals surface area contributed by atoms with E-state index < -0.39 is 0 Å². The summed E-state index contributed by atoms with van der Waals surface area (Å²) in [5, 5.41) is 8.62. The Morgan fingerprint density at radius 2 is 2.05 bits per heavy atom. The van der Waals surface area contributed by atoms with Crippen molar-refractivity contribution < 1.29 is 9.53 Å². The Labute approximate surface area is 132 Å². The van der Waals surface area contributed by atoms with Crippen molar-refractivity contribution in [1.29, 1.82) is 5.26 Å². The number of carbonyl (C=O) groups is 1. The molecule has 1 heterocycles. The Morgan fingerprint density at radius 1 is 1.32 bits per heavy atom. The van der Waals surface area contributed by atoms with Gasteiger partial charge < -0.3 is 9.64 Å². The van der Waals surface area contributed by atoms with Crippen molar-refractivity contribution in [3.05, 3.63) is 29.8 Å². The number of hydrogen-bond donors (Lipinski definition) is 0. The summed E-state index contributed by atoms with van der Waals surface area (Å²) in [4.78, 5) is 16.7. The molecule has 0 bridgehead atoms. The lowest BCUT2D eigenvalue weighted by Gasteiger charge is -2.34. The summed E-state index contributed by atoms with van der Waals surface area (Å²) in [6, 6.07) is 9.53. The maximum absolute atomic E-state index is 12.6. The Bertz CT molecular complexity index is 543. The van der Waals surface area contributed by atoms with E-state index in [1.165, 1.54) is 0 Å². The van der Waals surface area contributed by atoms with Crippen LogP contribution in [-0.4, -0.2) is 54.5 Å². The standard InChI is InChI=1S/C17H23N3O2/c1-14(2)22-16-6-3-5-15(13-16)17(21)20-11-9-19(10-12-20)8-4-7-18/h3,5-6,13-14H,4,8-12H2,1-2H3. The van der Waals surface area contributed by atoms with E-state index in [4.69, 9.17) is 10.00 Å². The minimum Gasteiger partial charge on any atom is -0.491 e. The number of ether oxygens (including phenoxy) is 1. The molecule has 5 heteroatoms. The van der Waals surface area contributed by atoms with E-state index in [1.54, 1.807) is 0 Å². The fraction of sp³-hybridized carbons (Fsp3) is 0.529. The molecule has 0 aliphatic carbocycles. The van der Waals surface area contributed by atoms with Crippen molar-refractivity contribution in [2.75, 3.05) is 32.7 Å². The highest BCUT2D eigenvalue weighted by atomic mass is 16.5. The predicted octanol–water partition coefficient (Wildman–Crippen LogP) is 2.15. The van der Waals surface area contributed by atoms with Crippen LogP contribution in [-0.2, 0) is 0 Å². The minimum atomic E-state index is 0.0501. The number of rotatable bonds is 5. The van der Waals surface area contributed by atoms with Gasteiger partial charge in [0.05, 0.1) is 12.2 Å². The third kappa shape index (κ3) is 4.47. The number of nitriles is 1. The molecule has 22 heavy (non-hydrogen) atoms. The van der Waals surface area contributed by atoms with E-state index in [0.717, 1.165) is 25.4 Å². The molecule has 1 aliphatic rings. The molecule has 2 rings (SSSR count). The number of piperazine rings is 1. The van der Waals surface area contributed by atoms with Gasteiger partial charge in [0, 0.05) is 44.7 Å². The van der Waals surface area contributed by atoms with Crippen LogP contribution in [0.3, 0.4) is 0 Å². The van der Waals surface area contributed by atoms with E-state index in [-0.39, 0.29) is 12.0 Å². The molecular formula is C17H23N3O2. The molecule has 0 unspecified atom stereocenters. The van der Waals surface area contributed by atoms with Crippen LogP contribution in [0.4, 0.5) is 0 Å². The van der Waals surface area contributed by atoms with Crippen molar-refractivity contribution in [1.82, 2.24) is 9.80 Å². The first-order chi connectivity index (χ1) is 10.6. The Hall–Kier alpha value is -2.06. The molecular weight excluding hydrogens is 278 g/mol. The number of carbonyl (C=O) groups excluding carboxylic acids is 1. The first-order valence-corrected chi connectivity index (χ1v) is 7.75. The quantitative estimate of drug-likeness (QED) is 0.836. The van der Waals surface area contributed by atoms with Gasteiger partial charge in [-0.15, -0.1) is 0 Å². The molecule has 0 spiro atoms. The molecule has 1 aromatic rings. The normalized spacial score (nSPS) is 15.6. The van der Waals surface area contributed by atoms with Crippen molar-refractivity contribution in [2.45, 2.75) is 26.4 Å². The SMILES string of the molecule is CC(C)Oc1cccc(C(=O)N2CCN(CCC#N)CC2)c1. The summed E-state index contributed by atoms with van der Waals surface area (Å²) >= 11 is 0. The predicted molar refractivity (Wildman–Crippen MR) is 84.8 cm³/mol. The third-order valence-electron chi connectivity index (χ3n) is 3.65. The van der Waals surface area contributed by atoms with E-state index in [0.29, 0.717) is 25.1 Å². The fourth-order valence-electron chi connectivity index (χ4n) is 2.54. The van der Waals surface area contributed by atoms with Crippen molar-refractivity contribution in [3.63, 3.8) is 0 Å². The molecule has 0 N–H and O–H groups in total. The molecule has 1 saturated heterocycles. The summed E-state index contributed by atoms with van der Waals surface area (Å²) in [6.45, 7) is 7.80. The number of nitrogens with zero attached hydrogens (tertiary/aromatic N) is 3. The fourth-order valence-corrected chi connectivity index (χ4v) is 2.54. The van der Waals surface area contributed by atoms with Crippen LogP contribution in [0, 0.1) is 11.3 Å². The zero-order valence-corrected chi connectivity index (χ0v) is 13.3. The Morgan fingerprint density at radius 3 is 2.68 bits per heavy atom. The summed E-state index contributed by atoms with van der Waals surface area (Å²) in [7, 11) is 0. The van der Waals surface area contributed by atoms with Crippen molar-refractivity contribution in [3.8, 4) is 11.8 Å². The molecule has 1 amide bonds. The van der Waals surface area contributed by atoms with Gasteiger partial charge in [0.25, 0.3) is 5.91 Å². The molecule has 0 saturated carbocycles. The second kappa shape index (κ2) is 7.81. The van der Waals surface area contributed by atoms with Crippen LogP contribution in [0.2, 0.25) is 0 Å². The summed E-state index contributed by atoms with van der Waals surface area (Å²) in [6.07, 6.45) is 0.636. The largest absolute Gasteiger partial charge is 0.491 e. The minimum absolute atomic E-state index is 0.0501. The van der Waals surface area contributed by atoms with Gasteiger partial charge in [-0.25, -0.2) is 0 Å². The summed E-state index contributed by atoms with van der Waals surface area (Å²) in [5.74, 6) is 0.780. The van der Waals surface area contributed by atoms with E-state index in [1.807, 2.05) is 43.0 Å². The van der Waals surface area contributed by atoms with Crippen LogP contribution >= 0.6 is 0 Å².